The minimum absolute atomic E-state index is 0.0648. The molecule has 7 heteroatoms. The number of nitrogens with two attached hydrogens (primary N) is 1. The van der Waals surface area contributed by atoms with Crippen molar-refractivity contribution < 1.29 is 9.53 Å². The van der Waals surface area contributed by atoms with Crippen LogP contribution in [-0.2, 0) is 4.74 Å². The molecule has 1 aromatic rings. The highest BCUT2D eigenvalue weighted by Gasteiger charge is 2.22. The third kappa shape index (κ3) is 1.59. The van der Waals surface area contributed by atoms with Gasteiger partial charge in [0.25, 0.3) is 5.91 Å². The summed E-state index contributed by atoms with van der Waals surface area (Å²) in [5.74, 6) is -0.114. The Morgan fingerprint density at radius 3 is 2.92 bits per heavy atom. The SMILES string of the molecule is Nc1n[nH]c(C(=O)NC2COC2)n1. The van der Waals surface area contributed by atoms with Crippen LogP contribution in [0, 0.1) is 0 Å². The van der Waals surface area contributed by atoms with Crippen LogP contribution in [0.4, 0.5) is 5.95 Å². The number of rotatable bonds is 2. The van der Waals surface area contributed by atoms with E-state index in [2.05, 4.69) is 20.5 Å². The number of hydrogen-bond donors (Lipinski definition) is 3. The molecule has 0 aromatic carbocycles. The number of ether oxygens (including phenoxy) is 1. The molecule has 2 heterocycles. The Bertz CT molecular complexity index is 319. The second-order valence-corrected chi connectivity index (χ2v) is 2.75. The molecular formula is C6H9N5O2. The molecular weight excluding hydrogens is 174 g/mol. The average Bonchev–Trinajstić information content (AvgIpc) is 2.44. The van der Waals surface area contributed by atoms with Crippen LogP contribution in [0.3, 0.4) is 0 Å². The molecule has 0 atom stereocenters. The molecule has 7 nitrogen and oxygen atoms in total. The molecule has 1 aromatic heterocycles. The maximum absolute atomic E-state index is 11.3. The fourth-order valence-electron chi connectivity index (χ4n) is 0.949. The molecule has 13 heavy (non-hydrogen) atoms. The van der Waals surface area contributed by atoms with Gasteiger partial charge in [-0.2, -0.15) is 4.98 Å². The number of hydrogen-bond acceptors (Lipinski definition) is 5. The van der Waals surface area contributed by atoms with E-state index in [1.54, 1.807) is 0 Å². The summed E-state index contributed by atoms with van der Waals surface area (Å²) >= 11 is 0. The quantitative estimate of drug-likeness (QED) is 0.518. The zero-order valence-electron chi connectivity index (χ0n) is 6.78. The van der Waals surface area contributed by atoms with Crippen LogP contribution in [-0.4, -0.2) is 40.3 Å². The van der Waals surface area contributed by atoms with Crippen LogP contribution in [0.1, 0.15) is 10.6 Å². The molecule has 0 bridgehead atoms. The number of amides is 1. The van der Waals surface area contributed by atoms with Gasteiger partial charge < -0.3 is 15.8 Å². The summed E-state index contributed by atoms with van der Waals surface area (Å²) in [6, 6.07) is 0.0822. The van der Waals surface area contributed by atoms with Gasteiger partial charge in [-0.25, -0.2) is 0 Å². The number of carbonyl (C=O) groups excluding carboxylic acids is 1. The summed E-state index contributed by atoms with van der Waals surface area (Å²) in [4.78, 5) is 15.0. The highest BCUT2D eigenvalue weighted by atomic mass is 16.5. The first-order chi connectivity index (χ1) is 6.25. The van der Waals surface area contributed by atoms with E-state index in [1.165, 1.54) is 0 Å². The first-order valence-electron chi connectivity index (χ1n) is 3.82. The highest BCUT2D eigenvalue weighted by molar-refractivity contribution is 5.90. The standard InChI is InChI=1S/C6H9N5O2/c7-6-9-4(10-11-6)5(12)8-3-1-13-2-3/h3H,1-2H2,(H,8,12)(H3,7,9,10,11). The molecule has 70 valence electrons. The molecule has 0 aliphatic carbocycles. The molecule has 1 saturated heterocycles. The van der Waals surface area contributed by atoms with E-state index < -0.39 is 0 Å². The number of H-pyrrole nitrogens is 1. The van der Waals surface area contributed by atoms with E-state index in [-0.39, 0.29) is 23.7 Å². The van der Waals surface area contributed by atoms with Crippen molar-refractivity contribution in [2.75, 3.05) is 18.9 Å². The molecule has 1 fully saturated rings. The van der Waals surface area contributed by atoms with Crippen LogP contribution < -0.4 is 11.1 Å². The minimum atomic E-state index is -0.308. The maximum atomic E-state index is 11.3. The maximum Gasteiger partial charge on any atom is 0.289 e. The Hall–Kier alpha value is -1.63. The van der Waals surface area contributed by atoms with Gasteiger partial charge in [-0.15, -0.1) is 5.10 Å². The van der Waals surface area contributed by atoms with Gasteiger partial charge in [0.1, 0.15) is 0 Å². The molecule has 0 radical (unpaired) electrons. The lowest BCUT2D eigenvalue weighted by atomic mass is 10.2. The molecule has 0 saturated carbocycles. The van der Waals surface area contributed by atoms with Crippen molar-refractivity contribution in [3.8, 4) is 0 Å². The monoisotopic (exact) mass is 183 g/mol. The van der Waals surface area contributed by atoms with E-state index in [0.717, 1.165) is 0 Å². The van der Waals surface area contributed by atoms with Gasteiger partial charge in [0.15, 0.2) is 0 Å². The summed E-state index contributed by atoms with van der Waals surface area (Å²) in [7, 11) is 0. The van der Waals surface area contributed by atoms with Gasteiger partial charge in [-0.1, -0.05) is 0 Å². The van der Waals surface area contributed by atoms with E-state index >= 15 is 0 Å². The van der Waals surface area contributed by atoms with Crippen LogP contribution in [0.5, 0.6) is 0 Å². The van der Waals surface area contributed by atoms with Crippen LogP contribution in [0.15, 0.2) is 0 Å². The number of anilines is 1. The zero-order valence-corrected chi connectivity index (χ0v) is 6.78. The van der Waals surface area contributed by atoms with Crippen molar-refractivity contribution >= 4 is 11.9 Å². The predicted octanol–water partition coefficient (Wildman–Crippen LogP) is -1.48. The van der Waals surface area contributed by atoms with Crippen molar-refractivity contribution in [1.29, 1.82) is 0 Å². The largest absolute Gasteiger partial charge is 0.377 e. The van der Waals surface area contributed by atoms with Crippen molar-refractivity contribution in [2.24, 2.45) is 0 Å². The molecule has 0 unspecified atom stereocenters. The second kappa shape index (κ2) is 3.02. The summed E-state index contributed by atoms with van der Waals surface area (Å²) in [5.41, 5.74) is 5.24. The minimum Gasteiger partial charge on any atom is -0.377 e. The van der Waals surface area contributed by atoms with Crippen molar-refractivity contribution in [3.05, 3.63) is 5.82 Å². The van der Waals surface area contributed by atoms with Gasteiger partial charge in [-0.05, 0) is 0 Å². The number of nitrogens with zero attached hydrogens (tertiary/aromatic N) is 2. The molecule has 0 spiro atoms. The number of nitrogens with one attached hydrogen (secondary N) is 2. The smallest absolute Gasteiger partial charge is 0.289 e. The average molecular weight is 183 g/mol. The molecule has 1 aliphatic heterocycles. The van der Waals surface area contributed by atoms with E-state index in [9.17, 15) is 4.79 Å². The first-order valence-corrected chi connectivity index (χ1v) is 3.82. The Morgan fingerprint density at radius 2 is 2.46 bits per heavy atom. The van der Waals surface area contributed by atoms with Crippen molar-refractivity contribution in [3.63, 3.8) is 0 Å². The molecule has 2 rings (SSSR count). The van der Waals surface area contributed by atoms with Gasteiger partial charge in [0.2, 0.25) is 11.8 Å². The summed E-state index contributed by atoms with van der Waals surface area (Å²) in [6.07, 6.45) is 0. The summed E-state index contributed by atoms with van der Waals surface area (Å²) < 4.78 is 4.89. The third-order valence-corrected chi connectivity index (χ3v) is 1.69. The first kappa shape index (κ1) is 7.99. The number of aromatic amines is 1. The lowest BCUT2D eigenvalue weighted by Crippen LogP contribution is -2.48. The molecule has 1 aliphatic rings. The third-order valence-electron chi connectivity index (χ3n) is 1.69. The lowest BCUT2D eigenvalue weighted by Gasteiger charge is -2.26. The Balaban J connectivity index is 1.96. The van der Waals surface area contributed by atoms with E-state index in [4.69, 9.17) is 10.5 Å². The topological polar surface area (TPSA) is 106 Å². The van der Waals surface area contributed by atoms with E-state index in [1.807, 2.05) is 0 Å². The van der Waals surface area contributed by atoms with Crippen molar-refractivity contribution in [1.82, 2.24) is 20.5 Å². The number of nitrogen functional groups attached to an aromatic ring is 1. The Labute approximate surface area is 73.7 Å². The van der Waals surface area contributed by atoms with Crippen LogP contribution in [0.25, 0.3) is 0 Å². The van der Waals surface area contributed by atoms with Crippen LogP contribution in [0.2, 0.25) is 0 Å². The highest BCUT2D eigenvalue weighted by Crippen LogP contribution is 2.01. The molecule has 1 amide bonds. The normalized spacial score (nSPS) is 16.6. The van der Waals surface area contributed by atoms with Gasteiger partial charge in [0, 0.05) is 0 Å². The molecule has 4 N–H and O–H groups in total. The lowest BCUT2D eigenvalue weighted by molar-refractivity contribution is -0.00363. The van der Waals surface area contributed by atoms with Crippen LogP contribution >= 0.6 is 0 Å². The van der Waals surface area contributed by atoms with Gasteiger partial charge >= 0.3 is 0 Å². The van der Waals surface area contributed by atoms with Gasteiger partial charge in [0.05, 0.1) is 19.3 Å². The fraction of sp³-hybridized carbons (Fsp3) is 0.500. The fourth-order valence-corrected chi connectivity index (χ4v) is 0.949. The second-order valence-electron chi connectivity index (χ2n) is 2.75. The predicted molar refractivity (Wildman–Crippen MR) is 42.9 cm³/mol. The number of carbonyl (C=O) groups is 1. The van der Waals surface area contributed by atoms with E-state index in [0.29, 0.717) is 13.2 Å². The van der Waals surface area contributed by atoms with Crippen molar-refractivity contribution in [2.45, 2.75) is 6.04 Å². The Morgan fingerprint density at radius 1 is 1.69 bits per heavy atom. The Kier molecular flexibility index (Phi) is 1.85. The summed E-state index contributed by atoms with van der Waals surface area (Å²) in [6.45, 7) is 1.10. The number of aromatic nitrogens is 3. The zero-order chi connectivity index (χ0) is 9.26. The summed E-state index contributed by atoms with van der Waals surface area (Å²) in [5, 5.41) is 8.65. The van der Waals surface area contributed by atoms with Gasteiger partial charge in [-0.3, -0.25) is 9.89 Å².